The maximum atomic E-state index is 12.5. The molecule has 0 bridgehead atoms. The summed E-state index contributed by atoms with van der Waals surface area (Å²) >= 11 is 0. The lowest BCUT2D eigenvalue weighted by Gasteiger charge is -2.19. The lowest BCUT2D eigenvalue weighted by Crippen LogP contribution is -2.39. The van der Waals surface area contributed by atoms with Gasteiger partial charge in [0.05, 0.1) is 18.8 Å². The van der Waals surface area contributed by atoms with Crippen molar-refractivity contribution in [2.75, 3.05) is 6.61 Å². The summed E-state index contributed by atoms with van der Waals surface area (Å²) < 4.78 is 53.4. The SMILES string of the molecule is O=c1[nH]c(=O)n([C@@H]2O[C@H](COP(=O)(O)OP(=O)(O)OP(=O)(O)O)C(O)[C@@H]2O)cc1Cc1cn(Cc2ccccc2)nn1. The van der Waals surface area contributed by atoms with Crippen LogP contribution in [0.15, 0.2) is 52.3 Å². The van der Waals surface area contributed by atoms with E-state index in [1.165, 1.54) is 4.68 Å². The Hall–Kier alpha value is -2.67. The van der Waals surface area contributed by atoms with E-state index in [-0.39, 0.29) is 12.0 Å². The zero-order valence-corrected chi connectivity index (χ0v) is 23.6. The number of H-pyrrole nitrogens is 1. The minimum absolute atomic E-state index is 0.00312. The van der Waals surface area contributed by atoms with Crippen molar-refractivity contribution in [1.29, 1.82) is 0 Å². The Morgan fingerprint density at radius 2 is 1.64 bits per heavy atom. The van der Waals surface area contributed by atoms with Gasteiger partial charge in [-0.2, -0.15) is 8.62 Å². The number of rotatable bonds is 12. The lowest BCUT2D eigenvalue weighted by molar-refractivity contribution is -0.0543. The first kappa shape index (κ1) is 32.2. The summed E-state index contributed by atoms with van der Waals surface area (Å²) in [6.45, 7) is -0.681. The molecule has 0 amide bonds. The minimum atomic E-state index is -5.79. The summed E-state index contributed by atoms with van der Waals surface area (Å²) in [4.78, 5) is 63.0. The second kappa shape index (κ2) is 12.5. The average Bonchev–Trinajstić information content (AvgIpc) is 3.41. The number of aliphatic hydroxyl groups excluding tert-OH is 2. The second-order valence-electron chi connectivity index (χ2n) is 8.82. The predicted octanol–water partition coefficient (Wildman–Crippen LogP) is -1.27. The van der Waals surface area contributed by atoms with E-state index in [4.69, 9.17) is 14.5 Å². The van der Waals surface area contributed by atoms with Gasteiger partial charge in [-0.25, -0.2) is 23.2 Å². The Balaban J connectivity index is 1.45. The van der Waals surface area contributed by atoms with Crippen molar-refractivity contribution in [3.8, 4) is 0 Å². The Morgan fingerprint density at radius 3 is 2.31 bits per heavy atom. The third-order valence-electron chi connectivity index (χ3n) is 5.62. The van der Waals surface area contributed by atoms with Crippen LogP contribution in [0.2, 0.25) is 0 Å². The highest BCUT2D eigenvalue weighted by Gasteiger charge is 2.47. The van der Waals surface area contributed by atoms with Gasteiger partial charge in [-0.15, -0.1) is 5.10 Å². The van der Waals surface area contributed by atoms with Crippen LogP contribution in [-0.2, 0) is 44.5 Å². The van der Waals surface area contributed by atoms with Crippen LogP contribution in [0, 0.1) is 0 Å². The number of nitrogens with one attached hydrogen (secondary N) is 1. The van der Waals surface area contributed by atoms with Crippen molar-refractivity contribution in [2.24, 2.45) is 0 Å². The maximum absolute atomic E-state index is 12.5. The fraction of sp³-hybridized carbons (Fsp3) is 0.368. The molecule has 6 atom stereocenters. The van der Waals surface area contributed by atoms with Gasteiger partial charge < -0.3 is 34.5 Å². The highest BCUT2D eigenvalue weighted by Crippen LogP contribution is 2.66. The standard InChI is InChI=1S/C19H24N5O15P3/c25-15-14(10-36-41(32,33)39-42(34,35)38-40(29,30)31)37-18(16(15)26)24-8-12(17(27)20-19(24)28)6-13-9-23(22-21-13)7-11-4-2-1-3-5-11/h1-5,8-9,14-16,18,25-26H,6-7,10H2,(H,32,33)(H,34,35)(H,20,27,28)(H2,29,30,31)/t14-,15?,16+,18-/m1/s1. The molecule has 7 N–H and O–H groups in total. The van der Waals surface area contributed by atoms with Gasteiger partial charge in [-0.05, 0) is 5.56 Å². The van der Waals surface area contributed by atoms with Gasteiger partial charge in [0.1, 0.15) is 18.3 Å². The van der Waals surface area contributed by atoms with E-state index in [0.717, 1.165) is 16.3 Å². The fourth-order valence-electron chi connectivity index (χ4n) is 3.87. The van der Waals surface area contributed by atoms with Crippen molar-refractivity contribution < 1.29 is 61.4 Å². The monoisotopic (exact) mass is 655 g/mol. The second-order valence-corrected chi connectivity index (χ2v) is 13.2. The minimum Gasteiger partial charge on any atom is -0.387 e. The Kier molecular flexibility index (Phi) is 9.61. The van der Waals surface area contributed by atoms with Crippen LogP contribution in [0.25, 0.3) is 0 Å². The van der Waals surface area contributed by atoms with Crippen LogP contribution in [-0.4, -0.2) is 79.3 Å². The number of hydrogen-bond donors (Lipinski definition) is 7. The van der Waals surface area contributed by atoms with E-state index in [1.807, 2.05) is 30.3 Å². The largest absolute Gasteiger partial charge is 0.490 e. The molecular weight excluding hydrogens is 631 g/mol. The van der Waals surface area contributed by atoms with Gasteiger partial charge in [0.25, 0.3) is 5.56 Å². The molecule has 4 rings (SSSR count). The zero-order valence-electron chi connectivity index (χ0n) is 21.0. The number of phosphoric acid groups is 3. The molecule has 20 nitrogen and oxygen atoms in total. The number of aliphatic hydroxyl groups is 2. The van der Waals surface area contributed by atoms with E-state index in [9.17, 15) is 43.3 Å². The van der Waals surface area contributed by atoms with E-state index >= 15 is 0 Å². The molecule has 1 saturated heterocycles. The van der Waals surface area contributed by atoms with Crippen LogP contribution in [0.4, 0.5) is 0 Å². The molecule has 230 valence electrons. The van der Waals surface area contributed by atoms with E-state index in [0.29, 0.717) is 12.2 Å². The molecule has 0 spiro atoms. The van der Waals surface area contributed by atoms with Crippen molar-refractivity contribution in [2.45, 2.75) is 37.5 Å². The third-order valence-corrected chi connectivity index (χ3v) is 9.42. The average molecular weight is 655 g/mol. The number of benzene rings is 1. The van der Waals surface area contributed by atoms with E-state index in [2.05, 4.69) is 28.4 Å². The maximum Gasteiger partial charge on any atom is 0.490 e. The Labute approximate surface area is 234 Å². The number of hydrogen-bond acceptors (Lipinski definition) is 13. The van der Waals surface area contributed by atoms with Gasteiger partial charge in [0.2, 0.25) is 0 Å². The summed E-state index contributed by atoms with van der Waals surface area (Å²) in [6, 6.07) is 9.36. The molecule has 0 saturated carbocycles. The lowest BCUT2D eigenvalue weighted by atomic mass is 10.1. The summed E-state index contributed by atoms with van der Waals surface area (Å²) in [5.41, 5.74) is -0.493. The third kappa shape index (κ3) is 8.46. The molecule has 23 heteroatoms. The number of aromatic amines is 1. The molecule has 42 heavy (non-hydrogen) atoms. The van der Waals surface area contributed by atoms with Crippen molar-refractivity contribution in [3.63, 3.8) is 0 Å². The van der Waals surface area contributed by atoms with Crippen LogP contribution in [0.5, 0.6) is 0 Å². The number of nitrogens with zero attached hydrogens (tertiary/aromatic N) is 4. The molecule has 1 aliphatic heterocycles. The van der Waals surface area contributed by atoms with E-state index in [1.54, 1.807) is 6.20 Å². The van der Waals surface area contributed by atoms with Crippen LogP contribution >= 0.6 is 23.5 Å². The topological polar surface area (TPSA) is 295 Å². The summed E-state index contributed by atoms with van der Waals surface area (Å²) in [6.07, 6.45) is -4.44. The van der Waals surface area contributed by atoms with Crippen molar-refractivity contribution in [1.82, 2.24) is 24.5 Å². The van der Waals surface area contributed by atoms with E-state index < -0.39 is 65.9 Å². The van der Waals surface area contributed by atoms with Crippen LogP contribution in [0.1, 0.15) is 23.0 Å². The molecule has 3 unspecified atom stereocenters. The number of ether oxygens (including phenoxy) is 1. The van der Waals surface area contributed by atoms with Gasteiger partial charge in [0.15, 0.2) is 6.23 Å². The highest BCUT2D eigenvalue weighted by atomic mass is 31.3. The van der Waals surface area contributed by atoms with Crippen LogP contribution < -0.4 is 11.2 Å². The highest BCUT2D eigenvalue weighted by molar-refractivity contribution is 7.66. The molecule has 3 aromatic rings. The molecule has 0 radical (unpaired) electrons. The summed E-state index contributed by atoms with van der Waals surface area (Å²) in [5.74, 6) is 0. The molecule has 0 aliphatic carbocycles. The number of phosphoric ester groups is 1. The quantitative estimate of drug-likeness (QED) is 0.112. The normalized spacial score (nSPS) is 23.9. The fourth-order valence-corrected chi connectivity index (χ4v) is 6.90. The Morgan fingerprint density at radius 1 is 0.952 bits per heavy atom. The first-order valence-electron chi connectivity index (χ1n) is 11.6. The molecule has 2 aromatic heterocycles. The Bertz CT molecular complexity index is 1670. The summed E-state index contributed by atoms with van der Waals surface area (Å²) in [7, 11) is -17.0. The van der Waals surface area contributed by atoms with Crippen molar-refractivity contribution in [3.05, 3.63) is 80.4 Å². The first-order valence-corrected chi connectivity index (χ1v) is 16.1. The van der Waals surface area contributed by atoms with Crippen molar-refractivity contribution >= 4 is 23.5 Å². The predicted molar refractivity (Wildman–Crippen MR) is 135 cm³/mol. The van der Waals surface area contributed by atoms with Gasteiger partial charge in [0, 0.05) is 24.4 Å². The number of aromatic nitrogens is 5. The first-order chi connectivity index (χ1) is 19.5. The van der Waals surface area contributed by atoms with Gasteiger partial charge >= 0.3 is 29.2 Å². The molecule has 1 aromatic carbocycles. The molecule has 1 fully saturated rings. The molecular formula is C19H24N5O15P3. The van der Waals surface area contributed by atoms with Gasteiger partial charge in [-0.1, -0.05) is 35.5 Å². The summed E-state index contributed by atoms with van der Waals surface area (Å²) in [5, 5.41) is 28.8. The molecule has 1 aliphatic rings. The van der Waals surface area contributed by atoms with Gasteiger partial charge in [-0.3, -0.25) is 18.9 Å². The van der Waals surface area contributed by atoms with Crippen LogP contribution in [0.3, 0.4) is 0 Å². The zero-order chi connectivity index (χ0) is 30.9. The molecule has 3 heterocycles. The smallest absolute Gasteiger partial charge is 0.387 e.